The molecule has 0 atom stereocenters. The standard InChI is InChI=1S/C14H22N4/c1-4-7-15-10-13-11-16-12-17-14(13)18(8-5-2)9-6-3/h2,11-12,15H,4,6-10H2,1,3H3. The number of nitrogens with one attached hydrogen (secondary N) is 1. The zero-order valence-electron chi connectivity index (χ0n) is 11.3. The van der Waals surface area contributed by atoms with Crippen LogP contribution in [0.2, 0.25) is 0 Å². The maximum atomic E-state index is 5.42. The van der Waals surface area contributed by atoms with E-state index >= 15 is 0 Å². The maximum absolute atomic E-state index is 5.42. The number of nitrogens with zero attached hydrogens (tertiary/aromatic N) is 3. The molecule has 1 aromatic heterocycles. The fraction of sp³-hybridized carbons (Fsp3) is 0.571. The SMILES string of the molecule is C#CCN(CCC)c1ncncc1CNCCC. The van der Waals surface area contributed by atoms with Crippen molar-refractivity contribution in [2.75, 3.05) is 24.5 Å². The molecular weight excluding hydrogens is 224 g/mol. The van der Waals surface area contributed by atoms with Gasteiger partial charge in [-0.15, -0.1) is 6.42 Å². The lowest BCUT2D eigenvalue weighted by Crippen LogP contribution is -2.28. The first kappa shape index (κ1) is 14.5. The smallest absolute Gasteiger partial charge is 0.137 e. The molecule has 4 nitrogen and oxygen atoms in total. The second-order valence-electron chi connectivity index (χ2n) is 4.17. The zero-order valence-corrected chi connectivity index (χ0v) is 11.3. The molecule has 0 bridgehead atoms. The lowest BCUT2D eigenvalue weighted by molar-refractivity contribution is 0.667. The molecule has 1 aromatic rings. The van der Waals surface area contributed by atoms with E-state index in [0.717, 1.165) is 43.9 Å². The Bertz CT molecular complexity index is 384. The first-order valence-electron chi connectivity index (χ1n) is 6.51. The Morgan fingerprint density at radius 2 is 2.22 bits per heavy atom. The van der Waals surface area contributed by atoms with Crippen LogP contribution in [0.3, 0.4) is 0 Å². The van der Waals surface area contributed by atoms with E-state index in [1.807, 2.05) is 6.20 Å². The monoisotopic (exact) mass is 246 g/mol. The van der Waals surface area contributed by atoms with Crippen LogP contribution in [0.5, 0.6) is 0 Å². The first-order chi connectivity index (χ1) is 8.83. The van der Waals surface area contributed by atoms with Gasteiger partial charge < -0.3 is 10.2 Å². The summed E-state index contributed by atoms with van der Waals surface area (Å²) in [5.41, 5.74) is 1.11. The highest BCUT2D eigenvalue weighted by Crippen LogP contribution is 2.16. The van der Waals surface area contributed by atoms with Crippen LogP contribution >= 0.6 is 0 Å². The van der Waals surface area contributed by atoms with Crippen molar-refractivity contribution < 1.29 is 0 Å². The van der Waals surface area contributed by atoms with E-state index in [9.17, 15) is 0 Å². The van der Waals surface area contributed by atoms with Gasteiger partial charge in [0, 0.05) is 24.8 Å². The molecule has 0 radical (unpaired) electrons. The van der Waals surface area contributed by atoms with Gasteiger partial charge in [0.25, 0.3) is 0 Å². The van der Waals surface area contributed by atoms with Crippen molar-refractivity contribution in [3.05, 3.63) is 18.1 Å². The number of anilines is 1. The van der Waals surface area contributed by atoms with Gasteiger partial charge in [0.1, 0.15) is 12.1 Å². The molecular formula is C14H22N4. The van der Waals surface area contributed by atoms with Crippen molar-refractivity contribution in [3.63, 3.8) is 0 Å². The fourth-order valence-corrected chi connectivity index (χ4v) is 1.80. The molecule has 0 aliphatic carbocycles. The molecule has 0 amide bonds. The van der Waals surface area contributed by atoms with Crippen LogP contribution in [0.1, 0.15) is 32.3 Å². The van der Waals surface area contributed by atoms with Crippen molar-refractivity contribution in [3.8, 4) is 12.3 Å². The third-order valence-electron chi connectivity index (χ3n) is 2.58. The number of terminal acetylenes is 1. The van der Waals surface area contributed by atoms with Gasteiger partial charge in [-0.1, -0.05) is 19.8 Å². The Kier molecular flexibility index (Phi) is 6.82. The average molecular weight is 246 g/mol. The van der Waals surface area contributed by atoms with Crippen LogP contribution in [0, 0.1) is 12.3 Å². The Balaban J connectivity index is 2.81. The molecule has 1 rings (SSSR count). The van der Waals surface area contributed by atoms with Crippen LogP contribution in [-0.4, -0.2) is 29.6 Å². The Morgan fingerprint density at radius 1 is 1.39 bits per heavy atom. The van der Waals surface area contributed by atoms with Gasteiger partial charge in [-0.3, -0.25) is 0 Å². The lowest BCUT2D eigenvalue weighted by atomic mass is 10.2. The minimum atomic E-state index is 0.589. The van der Waals surface area contributed by atoms with E-state index in [4.69, 9.17) is 6.42 Å². The maximum Gasteiger partial charge on any atom is 0.137 e. The van der Waals surface area contributed by atoms with Crippen molar-refractivity contribution in [1.29, 1.82) is 0 Å². The highest BCUT2D eigenvalue weighted by molar-refractivity contribution is 5.46. The predicted octanol–water partition coefficient (Wildman–Crippen LogP) is 1.83. The molecule has 4 heteroatoms. The summed E-state index contributed by atoms with van der Waals surface area (Å²) >= 11 is 0. The van der Waals surface area contributed by atoms with Gasteiger partial charge in [0.2, 0.25) is 0 Å². The molecule has 1 N–H and O–H groups in total. The predicted molar refractivity (Wildman–Crippen MR) is 75.4 cm³/mol. The molecule has 0 saturated carbocycles. The molecule has 0 fully saturated rings. The van der Waals surface area contributed by atoms with E-state index in [0.29, 0.717) is 6.54 Å². The molecule has 18 heavy (non-hydrogen) atoms. The van der Waals surface area contributed by atoms with Gasteiger partial charge in [0.05, 0.1) is 6.54 Å². The summed E-state index contributed by atoms with van der Waals surface area (Å²) < 4.78 is 0. The molecule has 1 heterocycles. The summed E-state index contributed by atoms with van der Waals surface area (Å²) in [4.78, 5) is 10.6. The summed E-state index contributed by atoms with van der Waals surface area (Å²) in [5.74, 6) is 3.64. The number of rotatable bonds is 8. The van der Waals surface area contributed by atoms with Crippen LogP contribution in [0.15, 0.2) is 12.5 Å². The summed E-state index contributed by atoms with van der Waals surface area (Å²) in [6.45, 7) is 7.58. The summed E-state index contributed by atoms with van der Waals surface area (Å²) in [7, 11) is 0. The minimum Gasteiger partial charge on any atom is -0.345 e. The van der Waals surface area contributed by atoms with E-state index in [-0.39, 0.29) is 0 Å². The van der Waals surface area contributed by atoms with Gasteiger partial charge >= 0.3 is 0 Å². The van der Waals surface area contributed by atoms with E-state index in [1.54, 1.807) is 6.33 Å². The van der Waals surface area contributed by atoms with Crippen LogP contribution in [-0.2, 0) is 6.54 Å². The molecule has 0 aliphatic rings. The molecule has 0 saturated heterocycles. The fourth-order valence-electron chi connectivity index (χ4n) is 1.80. The number of aromatic nitrogens is 2. The highest BCUT2D eigenvalue weighted by Gasteiger charge is 2.10. The summed E-state index contributed by atoms with van der Waals surface area (Å²) in [6.07, 6.45) is 11.0. The van der Waals surface area contributed by atoms with Crippen LogP contribution in [0.25, 0.3) is 0 Å². The second-order valence-corrected chi connectivity index (χ2v) is 4.17. The average Bonchev–Trinajstić information content (AvgIpc) is 2.39. The van der Waals surface area contributed by atoms with Crippen LogP contribution < -0.4 is 10.2 Å². The zero-order chi connectivity index (χ0) is 13.2. The summed E-state index contributed by atoms with van der Waals surface area (Å²) in [6, 6.07) is 0. The van der Waals surface area contributed by atoms with E-state index in [2.05, 4.69) is 40.0 Å². The third kappa shape index (κ3) is 4.34. The summed E-state index contributed by atoms with van der Waals surface area (Å²) in [5, 5.41) is 3.37. The van der Waals surface area contributed by atoms with E-state index < -0.39 is 0 Å². The van der Waals surface area contributed by atoms with Crippen molar-refractivity contribution >= 4 is 5.82 Å². The lowest BCUT2D eigenvalue weighted by Gasteiger charge is -2.22. The molecule has 0 aliphatic heterocycles. The quantitative estimate of drug-likeness (QED) is 0.561. The van der Waals surface area contributed by atoms with Gasteiger partial charge in [-0.05, 0) is 19.4 Å². The van der Waals surface area contributed by atoms with E-state index in [1.165, 1.54) is 0 Å². The molecule has 0 spiro atoms. The highest BCUT2D eigenvalue weighted by atomic mass is 15.2. The number of hydrogen-bond acceptors (Lipinski definition) is 4. The first-order valence-corrected chi connectivity index (χ1v) is 6.51. The Morgan fingerprint density at radius 3 is 2.89 bits per heavy atom. The normalized spacial score (nSPS) is 10.1. The second kappa shape index (κ2) is 8.48. The number of hydrogen-bond donors (Lipinski definition) is 1. The van der Waals surface area contributed by atoms with Crippen molar-refractivity contribution in [2.45, 2.75) is 33.2 Å². The molecule has 0 unspecified atom stereocenters. The third-order valence-corrected chi connectivity index (χ3v) is 2.58. The van der Waals surface area contributed by atoms with Crippen LogP contribution in [0.4, 0.5) is 5.82 Å². The van der Waals surface area contributed by atoms with Gasteiger partial charge in [-0.2, -0.15) is 0 Å². The Labute approximate surface area is 110 Å². The minimum absolute atomic E-state index is 0.589. The van der Waals surface area contributed by atoms with Gasteiger partial charge in [0.15, 0.2) is 0 Å². The Hall–Kier alpha value is -1.60. The van der Waals surface area contributed by atoms with Gasteiger partial charge in [-0.25, -0.2) is 9.97 Å². The topological polar surface area (TPSA) is 41.1 Å². The largest absolute Gasteiger partial charge is 0.345 e. The molecule has 98 valence electrons. The molecule has 0 aromatic carbocycles. The van der Waals surface area contributed by atoms with Crippen molar-refractivity contribution in [2.24, 2.45) is 0 Å². The van der Waals surface area contributed by atoms with Crippen molar-refractivity contribution in [1.82, 2.24) is 15.3 Å².